The Morgan fingerprint density at radius 1 is 1.08 bits per heavy atom. The number of rotatable bonds is 7. The number of nitrogens with zero attached hydrogens (tertiary/aromatic N) is 1. The Hall–Kier alpha value is -2.59. The first kappa shape index (κ1) is 16.3. The van der Waals surface area contributed by atoms with Gasteiger partial charge in [0, 0.05) is 13.7 Å². The van der Waals surface area contributed by atoms with E-state index in [0.717, 1.165) is 22.1 Å². The molecule has 1 amide bonds. The van der Waals surface area contributed by atoms with E-state index in [4.69, 9.17) is 9.15 Å². The monoisotopic (exact) mass is 323 g/mol. The van der Waals surface area contributed by atoms with Gasteiger partial charge in [-0.2, -0.15) is 0 Å². The minimum Gasteiger partial charge on any atom is -0.467 e. The largest absolute Gasteiger partial charge is 0.467 e. The first-order chi connectivity index (χ1) is 11.8. The molecule has 0 bridgehead atoms. The van der Waals surface area contributed by atoms with Crippen molar-refractivity contribution in [1.82, 2.24) is 4.90 Å². The maximum absolute atomic E-state index is 12.8. The van der Waals surface area contributed by atoms with Crippen molar-refractivity contribution in [3.8, 4) is 0 Å². The highest BCUT2D eigenvalue weighted by molar-refractivity contribution is 5.90. The van der Waals surface area contributed by atoms with Crippen molar-refractivity contribution in [1.29, 1.82) is 0 Å². The van der Waals surface area contributed by atoms with Gasteiger partial charge in [0.15, 0.2) is 0 Å². The molecular weight excluding hydrogens is 302 g/mol. The van der Waals surface area contributed by atoms with Crippen molar-refractivity contribution in [2.45, 2.75) is 13.0 Å². The van der Waals surface area contributed by atoms with E-state index in [-0.39, 0.29) is 5.91 Å². The van der Waals surface area contributed by atoms with Crippen molar-refractivity contribution >= 4 is 16.7 Å². The fourth-order valence-electron chi connectivity index (χ4n) is 2.81. The van der Waals surface area contributed by atoms with E-state index in [2.05, 4.69) is 18.2 Å². The molecule has 2 aromatic carbocycles. The molecule has 3 rings (SSSR count). The summed E-state index contributed by atoms with van der Waals surface area (Å²) in [7, 11) is 1.64. The molecule has 0 atom stereocenters. The Balaban J connectivity index is 1.78. The first-order valence-electron chi connectivity index (χ1n) is 8.03. The van der Waals surface area contributed by atoms with Crippen LogP contribution in [0.3, 0.4) is 0 Å². The van der Waals surface area contributed by atoms with Gasteiger partial charge in [-0.05, 0) is 28.5 Å². The Morgan fingerprint density at radius 2 is 1.92 bits per heavy atom. The Morgan fingerprint density at radius 3 is 2.71 bits per heavy atom. The van der Waals surface area contributed by atoms with Crippen LogP contribution >= 0.6 is 0 Å². The number of carbonyl (C=O) groups is 1. The number of amides is 1. The molecule has 1 heterocycles. The molecule has 0 radical (unpaired) electrons. The molecule has 124 valence electrons. The van der Waals surface area contributed by atoms with Gasteiger partial charge < -0.3 is 14.1 Å². The van der Waals surface area contributed by atoms with E-state index < -0.39 is 0 Å². The fraction of sp³-hybridized carbons (Fsp3) is 0.250. The normalized spacial score (nSPS) is 10.9. The highest BCUT2D eigenvalue weighted by Gasteiger charge is 2.16. The van der Waals surface area contributed by atoms with Crippen LogP contribution in [0.15, 0.2) is 65.3 Å². The van der Waals surface area contributed by atoms with Crippen LogP contribution in [-0.4, -0.2) is 31.1 Å². The summed E-state index contributed by atoms with van der Waals surface area (Å²) in [6.45, 7) is 1.50. The molecule has 3 aromatic rings. The van der Waals surface area contributed by atoms with Crippen LogP contribution in [0.4, 0.5) is 0 Å². The summed E-state index contributed by atoms with van der Waals surface area (Å²) in [5, 5.41) is 2.27. The molecule has 0 saturated heterocycles. The van der Waals surface area contributed by atoms with Crippen molar-refractivity contribution in [2.24, 2.45) is 0 Å². The van der Waals surface area contributed by atoms with Crippen LogP contribution in [0.1, 0.15) is 11.3 Å². The second kappa shape index (κ2) is 7.79. The SMILES string of the molecule is COCCN(Cc1ccco1)C(=O)Cc1cccc2ccccc12. The summed E-state index contributed by atoms with van der Waals surface area (Å²) in [5.74, 6) is 0.845. The van der Waals surface area contributed by atoms with Crippen LogP contribution < -0.4 is 0 Å². The van der Waals surface area contributed by atoms with Crippen molar-refractivity contribution in [3.05, 3.63) is 72.2 Å². The van der Waals surface area contributed by atoms with E-state index >= 15 is 0 Å². The molecule has 0 unspecified atom stereocenters. The van der Waals surface area contributed by atoms with Crippen molar-refractivity contribution in [2.75, 3.05) is 20.3 Å². The Labute approximate surface area is 141 Å². The summed E-state index contributed by atoms with van der Waals surface area (Å²) >= 11 is 0. The van der Waals surface area contributed by atoms with E-state index in [1.54, 1.807) is 18.3 Å². The number of hydrogen-bond donors (Lipinski definition) is 0. The highest BCUT2D eigenvalue weighted by Crippen LogP contribution is 2.20. The number of methoxy groups -OCH3 is 1. The summed E-state index contributed by atoms with van der Waals surface area (Å²) < 4.78 is 10.5. The molecule has 0 aliphatic rings. The zero-order valence-corrected chi connectivity index (χ0v) is 13.8. The lowest BCUT2D eigenvalue weighted by Crippen LogP contribution is -2.34. The molecule has 24 heavy (non-hydrogen) atoms. The lowest BCUT2D eigenvalue weighted by Gasteiger charge is -2.21. The topological polar surface area (TPSA) is 42.7 Å². The van der Waals surface area contributed by atoms with Crippen LogP contribution in [-0.2, 0) is 22.5 Å². The predicted molar refractivity (Wildman–Crippen MR) is 93.7 cm³/mol. The second-order valence-corrected chi connectivity index (χ2v) is 5.70. The summed E-state index contributed by atoms with van der Waals surface area (Å²) in [6.07, 6.45) is 1.99. The van der Waals surface area contributed by atoms with Gasteiger partial charge in [-0.3, -0.25) is 4.79 Å². The third-order valence-electron chi connectivity index (χ3n) is 4.07. The predicted octanol–water partition coefficient (Wildman–Crippen LogP) is 3.65. The average molecular weight is 323 g/mol. The third-order valence-corrected chi connectivity index (χ3v) is 4.07. The zero-order valence-electron chi connectivity index (χ0n) is 13.8. The minimum atomic E-state index is 0.0693. The number of carbonyl (C=O) groups excluding carboxylic acids is 1. The lowest BCUT2D eigenvalue weighted by atomic mass is 10.0. The van der Waals surface area contributed by atoms with Gasteiger partial charge in [0.1, 0.15) is 5.76 Å². The molecule has 1 aromatic heterocycles. The summed E-state index contributed by atoms with van der Waals surface area (Å²) in [6, 6.07) is 17.9. The summed E-state index contributed by atoms with van der Waals surface area (Å²) in [4.78, 5) is 14.6. The molecule has 0 fully saturated rings. The van der Waals surface area contributed by atoms with Gasteiger partial charge in [-0.15, -0.1) is 0 Å². The third kappa shape index (κ3) is 3.84. The fourth-order valence-corrected chi connectivity index (χ4v) is 2.81. The molecule has 0 aliphatic carbocycles. The van der Waals surface area contributed by atoms with E-state index in [1.807, 2.05) is 36.4 Å². The van der Waals surface area contributed by atoms with Crippen LogP contribution in [0, 0.1) is 0 Å². The van der Waals surface area contributed by atoms with E-state index in [9.17, 15) is 4.79 Å². The quantitative estimate of drug-likeness (QED) is 0.666. The van der Waals surface area contributed by atoms with Gasteiger partial charge in [0.05, 0.1) is 25.8 Å². The van der Waals surface area contributed by atoms with Gasteiger partial charge in [0.2, 0.25) is 5.91 Å². The maximum atomic E-state index is 12.8. The second-order valence-electron chi connectivity index (χ2n) is 5.70. The minimum absolute atomic E-state index is 0.0693. The Kier molecular flexibility index (Phi) is 5.29. The highest BCUT2D eigenvalue weighted by atomic mass is 16.5. The number of benzene rings is 2. The zero-order chi connectivity index (χ0) is 16.8. The van der Waals surface area contributed by atoms with Crippen molar-refractivity contribution < 1.29 is 13.9 Å². The van der Waals surface area contributed by atoms with Gasteiger partial charge in [-0.25, -0.2) is 0 Å². The molecule has 0 saturated carbocycles. The van der Waals surface area contributed by atoms with E-state index in [0.29, 0.717) is 26.1 Å². The standard InChI is InChI=1S/C20H21NO3/c1-23-13-11-21(15-18-9-5-12-24-18)20(22)14-17-8-4-7-16-6-2-3-10-19(16)17/h2-10,12H,11,13-15H2,1H3. The van der Waals surface area contributed by atoms with E-state index in [1.165, 1.54) is 0 Å². The molecule has 4 heteroatoms. The van der Waals surface area contributed by atoms with Gasteiger partial charge >= 0.3 is 0 Å². The average Bonchev–Trinajstić information content (AvgIpc) is 3.12. The molecule has 0 spiro atoms. The van der Waals surface area contributed by atoms with Gasteiger partial charge in [0.25, 0.3) is 0 Å². The molecular formula is C20H21NO3. The first-order valence-corrected chi connectivity index (χ1v) is 8.03. The number of furan rings is 1. The van der Waals surface area contributed by atoms with Gasteiger partial charge in [-0.1, -0.05) is 42.5 Å². The smallest absolute Gasteiger partial charge is 0.227 e. The summed E-state index contributed by atoms with van der Waals surface area (Å²) in [5.41, 5.74) is 1.04. The number of ether oxygens (including phenoxy) is 1. The molecule has 0 N–H and O–H groups in total. The molecule has 4 nitrogen and oxygen atoms in total. The number of hydrogen-bond acceptors (Lipinski definition) is 3. The van der Waals surface area contributed by atoms with Crippen molar-refractivity contribution in [3.63, 3.8) is 0 Å². The Bertz CT molecular complexity index is 790. The van der Waals surface area contributed by atoms with Crippen LogP contribution in [0.2, 0.25) is 0 Å². The lowest BCUT2D eigenvalue weighted by molar-refractivity contribution is -0.132. The molecule has 0 aliphatic heterocycles. The number of fused-ring (bicyclic) bond motifs is 1. The van der Waals surface area contributed by atoms with Crippen LogP contribution in [0.5, 0.6) is 0 Å². The maximum Gasteiger partial charge on any atom is 0.227 e. The van der Waals surface area contributed by atoms with Crippen LogP contribution in [0.25, 0.3) is 10.8 Å².